The zero-order chi connectivity index (χ0) is 18.4. The fourth-order valence-electron chi connectivity index (χ4n) is 1.83. The molecule has 0 spiro atoms. The molecule has 0 saturated heterocycles. The topological polar surface area (TPSA) is 55.4 Å². The fourth-order valence-corrected chi connectivity index (χ4v) is 2.10. The number of esters is 1. The van der Waals surface area contributed by atoms with Crippen LogP contribution in [-0.2, 0) is 14.3 Å². The summed E-state index contributed by atoms with van der Waals surface area (Å²) in [6, 6.07) is 9.87. The minimum Gasteiger partial charge on any atom is -0.449 e. The minimum absolute atomic E-state index is 0.321. The van der Waals surface area contributed by atoms with Crippen molar-refractivity contribution in [3.63, 3.8) is 0 Å². The van der Waals surface area contributed by atoms with Crippen LogP contribution in [-0.4, -0.2) is 18.0 Å². The number of carbonyl (C=O) groups excluding carboxylic acids is 2. The summed E-state index contributed by atoms with van der Waals surface area (Å²) < 4.78 is 32.4. The molecule has 0 aliphatic rings. The van der Waals surface area contributed by atoms with Crippen molar-refractivity contribution in [2.24, 2.45) is 0 Å². The van der Waals surface area contributed by atoms with E-state index in [0.29, 0.717) is 0 Å². The van der Waals surface area contributed by atoms with Gasteiger partial charge in [-0.1, -0.05) is 28.1 Å². The molecule has 0 radical (unpaired) electrons. The van der Waals surface area contributed by atoms with Crippen molar-refractivity contribution in [1.29, 1.82) is 0 Å². The standard InChI is InChI=1S/C18H14BrF2NO3/c1-11(18(24)22-16-10-14(20)7-8-15(16)21)25-17(23)9-4-12-2-5-13(19)6-3-12/h2-11H,1H3,(H,22,24)/b9-4+/t11-/m1/s1. The van der Waals surface area contributed by atoms with Gasteiger partial charge in [0.15, 0.2) is 6.10 Å². The van der Waals surface area contributed by atoms with E-state index in [9.17, 15) is 18.4 Å². The Morgan fingerprint density at radius 2 is 1.84 bits per heavy atom. The van der Waals surface area contributed by atoms with Gasteiger partial charge in [-0.25, -0.2) is 13.6 Å². The van der Waals surface area contributed by atoms with E-state index in [1.807, 2.05) is 12.1 Å². The van der Waals surface area contributed by atoms with Gasteiger partial charge < -0.3 is 10.1 Å². The number of amides is 1. The first-order chi connectivity index (χ1) is 11.8. The molecule has 0 fully saturated rings. The van der Waals surface area contributed by atoms with Crippen LogP contribution in [0.25, 0.3) is 6.08 Å². The lowest BCUT2D eigenvalue weighted by molar-refractivity contribution is -0.148. The van der Waals surface area contributed by atoms with Crippen LogP contribution in [0.1, 0.15) is 12.5 Å². The molecular formula is C18H14BrF2NO3. The van der Waals surface area contributed by atoms with Crippen molar-refractivity contribution in [2.45, 2.75) is 13.0 Å². The van der Waals surface area contributed by atoms with E-state index in [2.05, 4.69) is 21.2 Å². The van der Waals surface area contributed by atoms with Crippen molar-refractivity contribution in [2.75, 3.05) is 5.32 Å². The molecule has 0 bridgehead atoms. The highest BCUT2D eigenvalue weighted by Crippen LogP contribution is 2.16. The summed E-state index contributed by atoms with van der Waals surface area (Å²) in [6.07, 6.45) is 1.53. The van der Waals surface area contributed by atoms with Crippen molar-refractivity contribution < 1.29 is 23.1 Å². The Labute approximate surface area is 151 Å². The van der Waals surface area contributed by atoms with Crippen LogP contribution < -0.4 is 5.32 Å². The normalized spacial score (nSPS) is 12.0. The molecule has 0 heterocycles. The zero-order valence-electron chi connectivity index (χ0n) is 13.1. The van der Waals surface area contributed by atoms with E-state index < -0.39 is 29.6 Å². The molecule has 4 nitrogen and oxygen atoms in total. The molecule has 25 heavy (non-hydrogen) atoms. The molecule has 0 aliphatic heterocycles. The van der Waals surface area contributed by atoms with E-state index in [-0.39, 0.29) is 5.69 Å². The molecule has 0 aliphatic carbocycles. The van der Waals surface area contributed by atoms with Crippen molar-refractivity contribution in [3.8, 4) is 0 Å². The highest BCUT2D eigenvalue weighted by molar-refractivity contribution is 9.10. The van der Waals surface area contributed by atoms with E-state index in [4.69, 9.17) is 4.74 Å². The van der Waals surface area contributed by atoms with Gasteiger partial charge >= 0.3 is 5.97 Å². The van der Waals surface area contributed by atoms with E-state index >= 15 is 0 Å². The van der Waals surface area contributed by atoms with E-state index in [0.717, 1.165) is 28.2 Å². The average molecular weight is 410 g/mol. The molecule has 2 aromatic carbocycles. The quantitative estimate of drug-likeness (QED) is 0.591. The lowest BCUT2D eigenvalue weighted by Crippen LogP contribution is -2.29. The SMILES string of the molecule is C[C@@H](OC(=O)/C=C/c1ccc(Br)cc1)C(=O)Nc1cc(F)ccc1F. The van der Waals surface area contributed by atoms with Crippen LogP contribution in [0.15, 0.2) is 53.0 Å². The Hall–Kier alpha value is -2.54. The summed E-state index contributed by atoms with van der Waals surface area (Å²) in [5, 5.41) is 2.18. The van der Waals surface area contributed by atoms with Gasteiger partial charge in [0.2, 0.25) is 0 Å². The van der Waals surface area contributed by atoms with Gasteiger partial charge in [-0.15, -0.1) is 0 Å². The van der Waals surface area contributed by atoms with Crippen LogP contribution in [0.2, 0.25) is 0 Å². The van der Waals surface area contributed by atoms with Crippen LogP contribution >= 0.6 is 15.9 Å². The van der Waals surface area contributed by atoms with Crippen molar-refractivity contribution in [3.05, 3.63) is 70.2 Å². The summed E-state index contributed by atoms with van der Waals surface area (Å²) in [6.45, 7) is 1.33. The Morgan fingerprint density at radius 3 is 2.52 bits per heavy atom. The number of ether oxygens (including phenoxy) is 1. The fraction of sp³-hybridized carbons (Fsp3) is 0.111. The Balaban J connectivity index is 1.92. The van der Waals surface area contributed by atoms with Crippen LogP contribution in [0.3, 0.4) is 0 Å². The van der Waals surface area contributed by atoms with Crippen LogP contribution in [0, 0.1) is 11.6 Å². The second kappa shape index (κ2) is 8.53. The zero-order valence-corrected chi connectivity index (χ0v) is 14.7. The summed E-state index contributed by atoms with van der Waals surface area (Å²) in [4.78, 5) is 23.7. The first kappa shape index (κ1) is 18.8. The van der Waals surface area contributed by atoms with E-state index in [1.165, 1.54) is 19.1 Å². The summed E-state index contributed by atoms with van der Waals surface area (Å²) in [5.41, 5.74) is 0.456. The Kier molecular flexibility index (Phi) is 6.41. The predicted molar refractivity (Wildman–Crippen MR) is 93.7 cm³/mol. The number of benzene rings is 2. The first-order valence-corrected chi connectivity index (χ1v) is 8.04. The van der Waals surface area contributed by atoms with Crippen molar-refractivity contribution >= 4 is 39.6 Å². The van der Waals surface area contributed by atoms with Gasteiger partial charge in [0.25, 0.3) is 5.91 Å². The van der Waals surface area contributed by atoms with E-state index in [1.54, 1.807) is 12.1 Å². The van der Waals surface area contributed by atoms with Gasteiger partial charge in [-0.2, -0.15) is 0 Å². The molecule has 2 rings (SSSR count). The number of nitrogens with one attached hydrogen (secondary N) is 1. The minimum atomic E-state index is -1.18. The summed E-state index contributed by atoms with van der Waals surface area (Å²) in [7, 11) is 0. The maximum atomic E-state index is 13.5. The lowest BCUT2D eigenvalue weighted by Gasteiger charge is -2.12. The molecule has 1 amide bonds. The molecule has 1 atom stereocenters. The molecule has 2 aromatic rings. The van der Waals surface area contributed by atoms with Gasteiger partial charge in [-0.05, 0) is 42.8 Å². The van der Waals surface area contributed by atoms with Gasteiger partial charge in [-0.3, -0.25) is 4.79 Å². The number of halogens is 3. The number of anilines is 1. The highest BCUT2D eigenvalue weighted by Gasteiger charge is 2.18. The Bertz CT molecular complexity index is 806. The maximum Gasteiger partial charge on any atom is 0.331 e. The predicted octanol–water partition coefficient (Wildman–Crippen LogP) is 4.31. The third-order valence-corrected chi connectivity index (χ3v) is 3.66. The summed E-state index contributed by atoms with van der Waals surface area (Å²) in [5.74, 6) is -2.98. The maximum absolute atomic E-state index is 13.5. The van der Waals surface area contributed by atoms with Gasteiger partial charge in [0.05, 0.1) is 5.69 Å². The number of rotatable bonds is 5. The molecule has 7 heteroatoms. The average Bonchev–Trinajstić information content (AvgIpc) is 2.57. The number of carbonyl (C=O) groups is 2. The first-order valence-electron chi connectivity index (χ1n) is 7.25. The van der Waals surface area contributed by atoms with Crippen molar-refractivity contribution in [1.82, 2.24) is 0 Å². The molecule has 0 saturated carbocycles. The largest absolute Gasteiger partial charge is 0.449 e. The Morgan fingerprint density at radius 1 is 1.16 bits per heavy atom. The molecule has 0 aromatic heterocycles. The summed E-state index contributed by atoms with van der Waals surface area (Å²) >= 11 is 3.30. The smallest absolute Gasteiger partial charge is 0.331 e. The second-order valence-corrected chi connectivity index (χ2v) is 5.99. The molecule has 1 N–H and O–H groups in total. The van der Waals surface area contributed by atoms with Gasteiger partial charge in [0.1, 0.15) is 11.6 Å². The third kappa shape index (κ3) is 5.79. The highest BCUT2D eigenvalue weighted by atomic mass is 79.9. The van der Waals surface area contributed by atoms with Crippen LogP contribution in [0.4, 0.5) is 14.5 Å². The molecule has 0 unspecified atom stereocenters. The molecular weight excluding hydrogens is 396 g/mol. The molecule has 130 valence electrons. The second-order valence-electron chi connectivity index (χ2n) is 5.08. The third-order valence-electron chi connectivity index (χ3n) is 3.13. The number of hydrogen-bond donors (Lipinski definition) is 1. The monoisotopic (exact) mass is 409 g/mol. The number of hydrogen-bond acceptors (Lipinski definition) is 3. The van der Waals surface area contributed by atoms with Crippen LogP contribution in [0.5, 0.6) is 0 Å². The lowest BCUT2D eigenvalue weighted by atomic mass is 10.2. The van der Waals surface area contributed by atoms with Gasteiger partial charge in [0, 0.05) is 16.6 Å².